The van der Waals surface area contributed by atoms with E-state index < -0.39 is 0 Å². The summed E-state index contributed by atoms with van der Waals surface area (Å²) >= 11 is 0. The summed E-state index contributed by atoms with van der Waals surface area (Å²) in [7, 11) is 3.14. The highest BCUT2D eigenvalue weighted by Gasteiger charge is 2.34. The molecule has 1 aromatic heterocycles. The van der Waals surface area contributed by atoms with E-state index in [4.69, 9.17) is 14.0 Å². The van der Waals surface area contributed by atoms with Crippen molar-refractivity contribution in [2.24, 2.45) is 0 Å². The molecule has 1 fully saturated rings. The second-order valence-corrected chi connectivity index (χ2v) is 7.07. The van der Waals surface area contributed by atoms with E-state index in [1.165, 1.54) is 12.1 Å². The van der Waals surface area contributed by atoms with Gasteiger partial charge in [-0.2, -0.15) is 4.98 Å². The van der Waals surface area contributed by atoms with Gasteiger partial charge in [-0.05, 0) is 54.8 Å². The number of rotatable bonds is 6. The van der Waals surface area contributed by atoms with Gasteiger partial charge in [-0.1, -0.05) is 11.2 Å². The van der Waals surface area contributed by atoms with Crippen LogP contribution in [0.4, 0.5) is 4.39 Å². The zero-order valence-corrected chi connectivity index (χ0v) is 16.8. The monoisotopic (exact) mass is 411 g/mol. The Labute approximate surface area is 173 Å². The lowest BCUT2D eigenvalue weighted by Gasteiger charge is -2.22. The van der Waals surface area contributed by atoms with Crippen LogP contribution in [-0.2, 0) is 11.2 Å². The number of amides is 1. The summed E-state index contributed by atoms with van der Waals surface area (Å²) in [5, 5.41) is 4.00. The maximum Gasteiger partial charge on any atom is 0.249 e. The molecule has 156 valence electrons. The van der Waals surface area contributed by atoms with Crippen LogP contribution >= 0.6 is 0 Å². The van der Waals surface area contributed by atoms with Crippen LogP contribution in [0.25, 0.3) is 11.4 Å². The normalized spacial score (nSPS) is 16.0. The van der Waals surface area contributed by atoms with Gasteiger partial charge in [-0.3, -0.25) is 4.79 Å². The van der Waals surface area contributed by atoms with E-state index in [9.17, 15) is 9.18 Å². The largest absolute Gasteiger partial charge is 0.493 e. The maximum absolute atomic E-state index is 13.1. The fourth-order valence-electron chi connectivity index (χ4n) is 3.68. The summed E-state index contributed by atoms with van der Waals surface area (Å²) in [6.45, 7) is 0.630. The van der Waals surface area contributed by atoms with Gasteiger partial charge in [-0.15, -0.1) is 0 Å². The third-order valence-corrected chi connectivity index (χ3v) is 5.21. The third-order valence-electron chi connectivity index (χ3n) is 5.21. The van der Waals surface area contributed by atoms with Gasteiger partial charge in [0.15, 0.2) is 11.5 Å². The number of likely N-dealkylation sites (tertiary alicyclic amines) is 1. The maximum atomic E-state index is 13.1. The van der Waals surface area contributed by atoms with Gasteiger partial charge < -0.3 is 18.9 Å². The van der Waals surface area contributed by atoms with Crippen LogP contribution in [-0.4, -0.2) is 41.7 Å². The molecule has 0 saturated carbocycles. The molecule has 0 radical (unpaired) electrons. The minimum Gasteiger partial charge on any atom is -0.493 e. The quantitative estimate of drug-likeness (QED) is 0.614. The zero-order chi connectivity index (χ0) is 21.1. The molecule has 0 unspecified atom stereocenters. The summed E-state index contributed by atoms with van der Waals surface area (Å²) in [5.41, 5.74) is 1.49. The molecule has 0 N–H and O–H groups in total. The molecule has 8 heteroatoms. The van der Waals surface area contributed by atoms with E-state index in [0.29, 0.717) is 35.3 Å². The Morgan fingerprint density at radius 2 is 1.93 bits per heavy atom. The number of hydrogen-bond donors (Lipinski definition) is 0. The summed E-state index contributed by atoms with van der Waals surface area (Å²) in [4.78, 5) is 19.2. The van der Waals surface area contributed by atoms with Crippen molar-refractivity contribution >= 4 is 5.91 Å². The number of hydrogen-bond acceptors (Lipinski definition) is 6. The van der Waals surface area contributed by atoms with Crippen molar-refractivity contribution < 1.29 is 23.2 Å². The third kappa shape index (κ3) is 3.98. The SMILES string of the molecule is COc1ccc(CC(=O)N2CCC[C@H]2c2nc(-c3ccc(F)cc3)no2)cc1OC. The van der Waals surface area contributed by atoms with E-state index in [0.717, 1.165) is 18.4 Å². The van der Waals surface area contributed by atoms with Crippen molar-refractivity contribution in [3.63, 3.8) is 0 Å². The lowest BCUT2D eigenvalue weighted by atomic mass is 10.1. The number of halogens is 1. The molecule has 1 aliphatic rings. The summed E-state index contributed by atoms with van der Waals surface area (Å²) in [6.07, 6.45) is 1.84. The van der Waals surface area contributed by atoms with Crippen LogP contribution in [0, 0.1) is 5.82 Å². The van der Waals surface area contributed by atoms with Crippen molar-refractivity contribution in [2.45, 2.75) is 25.3 Å². The fourth-order valence-corrected chi connectivity index (χ4v) is 3.68. The smallest absolute Gasteiger partial charge is 0.249 e. The van der Waals surface area contributed by atoms with Gasteiger partial charge in [0.05, 0.1) is 20.6 Å². The zero-order valence-electron chi connectivity index (χ0n) is 16.8. The molecular weight excluding hydrogens is 389 g/mol. The molecular formula is C22H22FN3O4. The molecule has 1 amide bonds. The summed E-state index contributed by atoms with van der Waals surface area (Å²) < 4.78 is 29.2. The van der Waals surface area contributed by atoms with Crippen molar-refractivity contribution in [1.29, 1.82) is 0 Å². The first-order valence-electron chi connectivity index (χ1n) is 9.69. The van der Waals surface area contributed by atoms with Crippen LogP contribution in [0.1, 0.15) is 30.3 Å². The van der Waals surface area contributed by atoms with Gasteiger partial charge in [0, 0.05) is 12.1 Å². The van der Waals surface area contributed by atoms with Crippen LogP contribution in [0.3, 0.4) is 0 Å². The number of nitrogens with zero attached hydrogens (tertiary/aromatic N) is 3. The van der Waals surface area contributed by atoms with Gasteiger partial charge in [0.1, 0.15) is 11.9 Å². The Balaban J connectivity index is 1.50. The van der Waals surface area contributed by atoms with Crippen LogP contribution in [0.15, 0.2) is 47.0 Å². The molecule has 1 aliphatic heterocycles. The Bertz CT molecular complexity index is 1040. The average molecular weight is 411 g/mol. The number of carbonyl (C=O) groups excluding carboxylic acids is 1. The minimum absolute atomic E-state index is 0.0220. The van der Waals surface area contributed by atoms with Crippen molar-refractivity contribution in [3.05, 3.63) is 59.7 Å². The van der Waals surface area contributed by atoms with Crippen molar-refractivity contribution in [1.82, 2.24) is 15.0 Å². The molecule has 0 aliphatic carbocycles. The standard InChI is InChI=1S/C22H22FN3O4/c1-28-18-10-5-14(12-19(18)29-2)13-20(27)26-11-3-4-17(26)22-24-21(25-30-22)15-6-8-16(23)9-7-15/h5-10,12,17H,3-4,11,13H2,1-2H3/t17-/m0/s1. The van der Waals surface area contributed by atoms with E-state index in [2.05, 4.69) is 10.1 Å². The van der Waals surface area contributed by atoms with Gasteiger partial charge in [0.2, 0.25) is 17.6 Å². The van der Waals surface area contributed by atoms with E-state index in [1.807, 2.05) is 6.07 Å². The number of ether oxygens (including phenoxy) is 2. The highest BCUT2D eigenvalue weighted by atomic mass is 19.1. The second kappa shape index (κ2) is 8.52. The Hall–Kier alpha value is -3.42. The molecule has 3 aromatic rings. The molecule has 30 heavy (non-hydrogen) atoms. The van der Waals surface area contributed by atoms with E-state index in [-0.39, 0.29) is 24.2 Å². The first-order valence-corrected chi connectivity index (χ1v) is 9.69. The Morgan fingerprint density at radius 1 is 1.17 bits per heavy atom. The fraction of sp³-hybridized carbons (Fsp3) is 0.318. The first kappa shape index (κ1) is 19.9. The van der Waals surface area contributed by atoms with Crippen LogP contribution < -0.4 is 9.47 Å². The highest BCUT2D eigenvalue weighted by molar-refractivity contribution is 5.79. The van der Waals surface area contributed by atoms with Crippen molar-refractivity contribution in [3.8, 4) is 22.9 Å². The topological polar surface area (TPSA) is 77.7 Å². The predicted octanol–water partition coefficient (Wildman–Crippen LogP) is 3.80. The molecule has 2 aromatic carbocycles. The average Bonchev–Trinajstić information content (AvgIpc) is 3.43. The minimum atomic E-state index is -0.329. The van der Waals surface area contributed by atoms with Crippen molar-refractivity contribution in [2.75, 3.05) is 20.8 Å². The summed E-state index contributed by atoms with van der Waals surface area (Å²) in [6, 6.07) is 11.1. The van der Waals surface area contributed by atoms with Crippen LogP contribution in [0.5, 0.6) is 11.5 Å². The number of carbonyl (C=O) groups is 1. The molecule has 7 nitrogen and oxygen atoms in total. The predicted molar refractivity (Wildman–Crippen MR) is 107 cm³/mol. The molecule has 1 saturated heterocycles. The Morgan fingerprint density at radius 3 is 2.67 bits per heavy atom. The number of aromatic nitrogens is 2. The molecule has 0 spiro atoms. The van der Waals surface area contributed by atoms with Gasteiger partial charge >= 0.3 is 0 Å². The molecule has 1 atom stereocenters. The highest BCUT2D eigenvalue weighted by Crippen LogP contribution is 2.33. The first-order chi connectivity index (χ1) is 14.6. The number of methoxy groups -OCH3 is 2. The molecule has 4 rings (SSSR count). The summed E-state index contributed by atoms with van der Waals surface area (Å²) in [5.74, 6) is 1.63. The lowest BCUT2D eigenvalue weighted by molar-refractivity contribution is -0.131. The van der Waals surface area contributed by atoms with E-state index >= 15 is 0 Å². The van der Waals surface area contributed by atoms with Crippen LogP contribution in [0.2, 0.25) is 0 Å². The van der Waals surface area contributed by atoms with Gasteiger partial charge in [0.25, 0.3) is 0 Å². The number of benzene rings is 2. The molecule has 2 heterocycles. The molecule has 0 bridgehead atoms. The van der Waals surface area contributed by atoms with E-state index in [1.54, 1.807) is 43.4 Å². The second-order valence-electron chi connectivity index (χ2n) is 7.07. The lowest BCUT2D eigenvalue weighted by Crippen LogP contribution is -2.32. The van der Waals surface area contributed by atoms with Gasteiger partial charge in [-0.25, -0.2) is 4.39 Å². The Kier molecular flexibility index (Phi) is 5.65.